The van der Waals surface area contributed by atoms with E-state index < -0.39 is 10.0 Å². The Kier molecular flexibility index (Phi) is 4.04. The summed E-state index contributed by atoms with van der Waals surface area (Å²) < 4.78 is 31.4. The molecule has 0 spiro atoms. The first kappa shape index (κ1) is 13.5. The van der Waals surface area contributed by atoms with Gasteiger partial charge in [-0.2, -0.15) is 9.40 Å². The number of aryl methyl sites for hydroxylation is 1. The smallest absolute Gasteiger partial charge is 0.246 e. The largest absolute Gasteiger partial charge is 0.384 e. The van der Waals surface area contributed by atoms with Gasteiger partial charge >= 0.3 is 0 Å². The van der Waals surface area contributed by atoms with E-state index in [2.05, 4.69) is 10.2 Å². The van der Waals surface area contributed by atoms with Gasteiger partial charge in [-0.3, -0.25) is 5.10 Å². The molecule has 0 amide bonds. The normalized spacial score (nSPS) is 19.2. The van der Waals surface area contributed by atoms with Gasteiger partial charge in [-0.05, 0) is 25.7 Å². The summed E-state index contributed by atoms with van der Waals surface area (Å²) in [5.41, 5.74) is 0.592. The number of rotatable bonds is 4. The van der Waals surface area contributed by atoms with Crippen molar-refractivity contribution in [3.63, 3.8) is 0 Å². The van der Waals surface area contributed by atoms with E-state index in [1.54, 1.807) is 14.0 Å². The predicted octanol–water partition coefficient (Wildman–Crippen LogP) is 0.765. The Hall–Kier alpha value is -0.920. The fraction of sp³-hybridized carbons (Fsp3) is 0.727. The molecule has 1 aliphatic rings. The average Bonchev–Trinajstić information content (AvgIpc) is 2.77. The van der Waals surface area contributed by atoms with Gasteiger partial charge in [-0.15, -0.1) is 0 Å². The summed E-state index contributed by atoms with van der Waals surface area (Å²) in [7, 11) is -1.71. The van der Waals surface area contributed by atoms with E-state index in [0.29, 0.717) is 31.3 Å². The summed E-state index contributed by atoms with van der Waals surface area (Å²) >= 11 is 0. The van der Waals surface area contributed by atoms with Crippen molar-refractivity contribution in [2.75, 3.05) is 26.8 Å². The van der Waals surface area contributed by atoms with E-state index in [4.69, 9.17) is 4.74 Å². The number of nitrogens with zero attached hydrogens (tertiary/aromatic N) is 2. The predicted molar refractivity (Wildman–Crippen MR) is 66.7 cm³/mol. The van der Waals surface area contributed by atoms with Crippen LogP contribution >= 0.6 is 0 Å². The standard InChI is InChI=1S/C11H19N3O3S/c1-9-11(7-12-13-9)18(15,16)14-5-3-10(4-6-14)8-17-2/h7,10H,3-6,8H2,1-2H3,(H,12,13). The van der Waals surface area contributed by atoms with Gasteiger partial charge in [0, 0.05) is 26.8 Å². The molecule has 18 heavy (non-hydrogen) atoms. The van der Waals surface area contributed by atoms with Crippen LogP contribution in [0, 0.1) is 12.8 Å². The number of ether oxygens (including phenoxy) is 1. The highest BCUT2D eigenvalue weighted by molar-refractivity contribution is 7.89. The lowest BCUT2D eigenvalue weighted by atomic mass is 9.99. The minimum Gasteiger partial charge on any atom is -0.384 e. The highest BCUT2D eigenvalue weighted by atomic mass is 32.2. The molecule has 6 nitrogen and oxygen atoms in total. The molecule has 1 aliphatic heterocycles. The first-order valence-electron chi connectivity index (χ1n) is 6.04. The lowest BCUT2D eigenvalue weighted by Crippen LogP contribution is -2.39. The van der Waals surface area contributed by atoms with Crippen LogP contribution < -0.4 is 0 Å². The lowest BCUT2D eigenvalue weighted by Gasteiger charge is -2.30. The van der Waals surface area contributed by atoms with Crippen LogP contribution in [0.2, 0.25) is 0 Å². The Bertz CT molecular complexity index is 489. The van der Waals surface area contributed by atoms with Crippen molar-refractivity contribution in [2.45, 2.75) is 24.7 Å². The Balaban J connectivity index is 2.08. The van der Waals surface area contributed by atoms with Crippen molar-refractivity contribution < 1.29 is 13.2 Å². The maximum Gasteiger partial charge on any atom is 0.246 e. The highest BCUT2D eigenvalue weighted by Gasteiger charge is 2.31. The van der Waals surface area contributed by atoms with Crippen LogP contribution in [0.4, 0.5) is 0 Å². The molecule has 2 heterocycles. The molecule has 0 radical (unpaired) electrons. The molecule has 1 N–H and O–H groups in total. The van der Waals surface area contributed by atoms with E-state index in [1.165, 1.54) is 10.5 Å². The summed E-state index contributed by atoms with van der Waals surface area (Å²) in [5, 5.41) is 6.44. The van der Waals surface area contributed by atoms with Gasteiger partial charge in [0.2, 0.25) is 10.0 Å². The number of aromatic nitrogens is 2. The SMILES string of the molecule is COCC1CCN(S(=O)(=O)c2cn[nH]c2C)CC1. The molecule has 1 aromatic heterocycles. The maximum absolute atomic E-state index is 12.4. The van der Waals surface area contributed by atoms with Crippen LogP contribution in [0.25, 0.3) is 0 Å². The number of piperidine rings is 1. The fourth-order valence-electron chi connectivity index (χ4n) is 2.29. The second-order valence-corrected chi connectivity index (χ2v) is 6.57. The van der Waals surface area contributed by atoms with Crippen molar-refractivity contribution in [1.29, 1.82) is 0 Å². The van der Waals surface area contributed by atoms with Gasteiger partial charge in [0.05, 0.1) is 11.9 Å². The monoisotopic (exact) mass is 273 g/mol. The van der Waals surface area contributed by atoms with Crippen LogP contribution in [-0.2, 0) is 14.8 Å². The highest BCUT2D eigenvalue weighted by Crippen LogP contribution is 2.24. The van der Waals surface area contributed by atoms with Gasteiger partial charge in [-0.1, -0.05) is 0 Å². The number of H-pyrrole nitrogens is 1. The summed E-state index contributed by atoms with van der Waals surface area (Å²) in [6, 6.07) is 0. The molecule has 1 aromatic rings. The summed E-state index contributed by atoms with van der Waals surface area (Å²) in [6.07, 6.45) is 3.08. The zero-order chi connectivity index (χ0) is 13.2. The molecular weight excluding hydrogens is 254 g/mol. The van der Waals surface area contributed by atoms with Crippen molar-refractivity contribution in [3.05, 3.63) is 11.9 Å². The van der Waals surface area contributed by atoms with Crippen LogP contribution in [0.15, 0.2) is 11.1 Å². The molecular formula is C11H19N3O3S. The minimum atomic E-state index is -3.39. The minimum absolute atomic E-state index is 0.285. The van der Waals surface area contributed by atoms with Gasteiger partial charge in [0.1, 0.15) is 4.90 Å². The zero-order valence-corrected chi connectivity index (χ0v) is 11.5. The molecule has 0 aliphatic carbocycles. The lowest BCUT2D eigenvalue weighted by molar-refractivity contribution is 0.121. The zero-order valence-electron chi connectivity index (χ0n) is 10.7. The number of methoxy groups -OCH3 is 1. The molecule has 0 atom stereocenters. The maximum atomic E-state index is 12.4. The van der Waals surface area contributed by atoms with Crippen molar-refractivity contribution in [3.8, 4) is 0 Å². The second kappa shape index (κ2) is 5.38. The number of aromatic amines is 1. The number of hydrogen-bond donors (Lipinski definition) is 1. The number of nitrogens with one attached hydrogen (secondary N) is 1. The van der Waals surface area contributed by atoms with Crippen molar-refractivity contribution in [2.24, 2.45) is 5.92 Å². The van der Waals surface area contributed by atoms with Crippen molar-refractivity contribution >= 4 is 10.0 Å². The average molecular weight is 273 g/mol. The summed E-state index contributed by atoms with van der Waals surface area (Å²) in [4.78, 5) is 0.285. The Morgan fingerprint density at radius 1 is 1.50 bits per heavy atom. The first-order valence-corrected chi connectivity index (χ1v) is 7.48. The third kappa shape index (κ3) is 2.57. The molecule has 102 valence electrons. The van der Waals surface area contributed by atoms with Crippen LogP contribution in [0.1, 0.15) is 18.5 Å². The van der Waals surface area contributed by atoms with Crippen molar-refractivity contribution in [1.82, 2.24) is 14.5 Å². The molecule has 0 unspecified atom stereocenters. The third-order valence-electron chi connectivity index (χ3n) is 3.38. The van der Waals surface area contributed by atoms with E-state index in [9.17, 15) is 8.42 Å². The molecule has 2 rings (SSSR count). The third-order valence-corrected chi connectivity index (χ3v) is 5.39. The quantitative estimate of drug-likeness (QED) is 0.879. The second-order valence-electron chi connectivity index (χ2n) is 4.66. The van der Waals surface area contributed by atoms with Crippen LogP contribution in [0.3, 0.4) is 0 Å². The summed E-state index contributed by atoms with van der Waals surface area (Å²) in [6.45, 7) is 3.54. The Labute approximate surface area is 107 Å². The molecule has 0 bridgehead atoms. The van der Waals surface area contributed by atoms with Crippen LogP contribution in [-0.4, -0.2) is 49.7 Å². The van der Waals surface area contributed by atoms with E-state index in [1.807, 2.05) is 0 Å². The Morgan fingerprint density at radius 2 is 2.17 bits per heavy atom. The van der Waals surface area contributed by atoms with Gasteiger partial charge < -0.3 is 4.74 Å². The molecule has 1 fully saturated rings. The number of hydrogen-bond acceptors (Lipinski definition) is 4. The summed E-state index contributed by atoms with van der Waals surface area (Å²) in [5.74, 6) is 0.465. The molecule has 0 aromatic carbocycles. The van der Waals surface area contributed by atoms with Crippen LogP contribution in [0.5, 0.6) is 0 Å². The topological polar surface area (TPSA) is 75.3 Å². The van der Waals surface area contributed by atoms with Gasteiger partial charge in [-0.25, -0.2) is 8.42 Å². The van der Waals surface area contributed by atoms with Gasteiger partial charge in [0.25, 0.3) is 0 Å². The Morgan fingerprint density at radius 3 is 2.67 bits per heavy atom. The molecule has 7 heteroatoms. The number of sulfonamides is 1. The first-order chi connectivity index (χ1) is 8.55. The van der Waals surface area contributed by atoms with Gasteiger partial charge in [0.15, 0.2) is 0 Å². The van der Waals surface area contributed by atoms with E-state index in [-0.39, 0.29) is 4.90 Å². The fourth-order valence-corrected chi connectivity index (χ4v) is 3.88. The molecule has 1 saturated heterocycles. The molecule has 0 saturated carbocycles. The van der Waals surface area contributed by atoms with E-state index in [0.717, 1.165) is 12.8 Å². The van der Waals surface area contributed by atoms with E-state index >= 15 is 0 Å².